The third-order valence-electron chi connectivity index (χ3n) is 7.37. The number of hydrogen-bond acceptors (Lipinski definition) is 5. The van der Waals surface area contributed by atoms with Gasteiger partial charge in [-0.25, -0.2) is 18.9 Å². The number of nitrogen functional groups attached to an aromatic ring is 1. The number of nitrogens with zero attached hydrogens (tertiary/aromatic N) is 5. The maximum Gasteiger partial charge on any atom is 0.153 e. The van der Waals surface area contributed by atoms with Crippen LogP contribution in [0, 0.1) is 11.7 Å². The van der Waals surface area contributed by atoms with E-state index in [0.717, 1.165) is 48.3 Å². The first-order valence-electron chi connectivity index (χ1n) is 11.5. The lowest BCUT2D eigenvalue weighted by Crippen LogP contribution is -2.28. The molecule has 0 bridgehead atoms. The lowest BCUT2D eigenvalue weighted by atomic mass is 9.76. The number of fused-ring (bicyclic) bond motifs is 2. The van der Waals surface area contributed by atoms with Crippen molar-refractivity contribution in [3.05, 3.63) is 54.0 Å². The Morgan fingerprint density at radius 2 is 1.94 bits per heavy atom. The highest BCUT2D eigenvalue weighted by molar-refractivity contribution is 5.88. The zero-order chi connectivity index (χ0) is 22.0. The normalized spacial score (nSPS) is 23.1. The van der Waals surface area contributed by atoms with E-state index in [9.17, 15) is 0 Å². The van der Waals surface area contributed by atoms with Crippen molar-refractivity contribution in [2.75, 3.05) is 5.73 Å². The zero-order valence-corrected chi connectivity index (χ0v) is 18.3. The Labute approximate surface area is 186 Å². The van der Waals surface area contributed by atoms with E-state index in [4.69, 9.17) is 10.7 Å². The van der Waals surface area contributed by atoms with Crippen molar-refractivity contribution in [2.45, 2.75) is 57.4 Å². The van der Waals surface area contributed by atoms with E-state index in [1.165, 1.54) is 19.2 Å². The molecule has 6 rings (SSSR count). The van der Waals surface area contributed by atoms with E-state index in [1.807, 2.05) is 18.3 Å². The average molecular weight is 431 g/mol. The van der Waals surface area contributed by atoms with Gasteiger partial charge < -0.3 is 10.6 Å². The predicted molar refractivity (Wildman–Crippen MR) is 124 cm³/mol. The molecule has 0 spiro atoms. The van der Waals surface area contributed by atoms with Crippen LogP contribution in [-0.2, 0) is 0 Å². The molecule has 2 N–H and O–H groups in total. The molecule has 3 aliphatic rings. The summed E-state index contributed by atoms with van der Waals surface area (Å²) >= 11 is 0. The molecule has 2 aromatic heterocycles. The van der Waals surface area contributed by atoms with Crippen LogP contribution in [0.1, 0.15) is 68.3 Å². The van der Waals surface area contributed by atoms with Crippen molar-refractivity contribution in [1.82, 2.24) is 24.5 Å². The van der Waals surface area contributed by atoms with Crippen LogP contribution in [0.3, 0.4) is 0 Å². The SMILES string of the molecule is C=C1c2cc(-c3nc(C4CC(C)C4)n4ncnc(N)c34)c(F)cc2C=CN1C1CCCC1. The van der Waals surface area contributed by atoms with Crippen LogP contribution in [0.5, 0.6) is 0 Å². The van der Waals surface area contributed by atoms with Crippen LogP contribution in [0.15, 0.2) is 31.2 Å². The van der Waals surface area contributed by atoms with Gasteiger partial charge in [-0.05, 0) is 55.4 Å². The highest BCUT2D eigenvalue weighted by atomic mass is 19.1. The van der Waals surface area contributed by atoms with E-state index >= 15 is 4.39 Å². The molecule has 32 heavy (non-hydrogen) atoms. The smallest absolute Gasteiger partial charge is 0.153 e. The molecule has 0 radical (unpaired) electrons. The fourth-order valence-corrected chi connectivity index (χ4v) is 5.61. The van der Waals surface area contributed by atoms with Crippen molar-refractivity contribution in [1.29, 1.82) is 0 Å². The summed E-state index contributed by atoms with van der Waals surface area (Å²) in [7, 11) is 0. The first-order valence-corrected chi connectivity index (χ1v) is 11.5. The molecular weight excluding hydrogens is 403 g/mol. The Balaban J connectivity index is 1.49. The summed E-state index contributed by atoms with van der Waals surface area (Å²) in [6, 6.07) is 3.92. The Morgan fingerprint density at radius 3 is 2.69 bits per heavy atom. The third-order valence-corrected chi connectivity index (χ3v) is 7.37. The molecule has 2 fully saturated rings. The van der Waals surface area contributed by atoms with Gasteiger partial charge in [-0.2, -0.15) is 5.10 Å². The summed E-state index contributed by atoms with van der Waals surface area (Å²) in [4.78, 5) is 11.3. The number of halogens is 1. The molecule has 0 amide bonds. The molecule has 3 heterocycles. The minimum Gasteiger partial charge on any atom is -0.382 e. The molecule has 0 unspecified atom stereocenters. The maximum atomic E-state index is 15.4. The number of nitrogens with two attached hydrogens (primary N) is 1. The van der Waals surface area contributed by atoms with Crippen molar-refractivity contribution in [3.63, 3.8) is 0 Å². The molecule has 7 heteroatoms. The van der Waals surface area contributed by atoms with Gasteiger partial charge in [0.15, 0.2) is 5.82 Å². The lowest BCUT2D eigenvalue weighted by molar-refractivity contribution is 0.275. The van der Waals surface area contributed by atoms with Crippen LogP contribution < -0.4 is 5.73 Å². The van der Waals surface area contributed by atoms with Gasteiger partial charge in [-0.15, -0.1) is 0 Å². The van der Waals surface area contributed by atoms with E-state index < -0.39 is 0 Å². The molecule has 1 aliphatic heterocycles. The van der Waals surface area contributed by atoms with Crippen LogP contribution in [0.4, 0.5) is 10.2 Å². The number of rotatable bonds is 3. The highest BCUT2D eigenvalue weighted by Gasteiger charge is 2.33. The molecule has 2 aliphatic carbocycles. The summed E-state index contributed by atoms with van der Waals surface area (Å²) < 4.78 is 17.2. The van der Waals surface area contributed by atoms with Crippen molar-refractivity contribution in [3.8, 4) is 11.3 Å². The minimum atomic E-state index is -0.327. The fraction of sp³-hybridized carbons (Fsp3) is 0.400. The summed E-state index contributed by atoms with van der Waals surface area (Å²) in [5.74, 6) is 1.78. The van der Waals surface area contributed by atoms with Gasteiger partial charge in [0.2, 0.25) is 0 Å². The molecule has 164 valence electrons. The Morgan fingerprint density at radius 1 is 1.16 bits per heavy atom. The van der Waals surface area contributed by atoms with E-state index in [-0.39, 0.29) is 5.82 Å². The van der Waals surface area contributed by atoms with Gasteiger partial charge in [0.1, 0.15) is 29.2 Å². The monoisotopic (exact) mass is 430 g/mol. The van der Waals surface area contributed by atoms with E-state index in [1.54, 1.807) is 10.6 Å². The number of imidazole rings is 1. The molecule has 6 nitrogen and oxygen atoms in total. The van der Waals surface area contributed by atoms with Gasteiger partial charge >= 0.3 is 0 Å². The third kappa shape index (κ3) is 2.87. The van der Waals surface area contributed by atoms with Crippen molar-refractivity contribution in [2.24, 2.45) is 5.92 Å². The second kappa shape index (κ2) is 7.15. The Kier molecular flexibility index (Phi) is 4.35. The topological polar surface area (TPSA) is 72.3 Å². The first-order chi connectivity index (χ1) is 15.5. The fourth-order valence-electron chi connectivity index (χ4n) is 5.61. The average Bonchev–Trinajstić information content (AvgIpc) is 3.40. The van der Waals surface area contributed by atoms with Crippen molar-refractivity contribution >= 4 is 23.1 Å². The first kappa shape index (κ1) is 19.5. The van der Waals surface area contributed by atoms with Gasteiger partial charge in [-0.3, -0.25) is 0 Å². The maximum absolute atomic E-state index is 15.4. The second-order valence-electron chi connectivity index (χ2n) is 9.53. The number of hydrogen-bond donors (Lipinski definition) is 1. The summed E-state index contributed by atoms with van der Waals surface area (Å²) in [5, 5.41) is 4.42. The van der Waals surface area contributed by atoms with Gasteiger partial charge in [0.25, 0.3) is 0 Å². The standard InChI is InChI=1S/C25H27FN6/c1-14-9-17(10-14)25-30-22(23-24(27)28-13-29-32(23)25)20-12-19-15(2)31(18-5-3-4-6-18)8-7-16(19)11-21(20)26/h7-8,11-14,17-18H,2-6,9-10H2,1H3,(H2,27,28,29). The predicted octanol–water partition coefficient (Wildman–Crippen LogP) is 5.23. The quantitative estimate of drug-likeness (QED) is 0.616. The Hall–Kier alpha value is -3.22. The number of anilines is 1. The molecule has 2 saturated carbocycles. The summed E-state index contributed by atoms with van der Waals surface area (Å²) in [6.07, 6.45) is 12.4. The van der Waals surface area contributed by atoms with Gasteiger partial charge in [0.05, 0.1) is 0 Å². The minimum absolute atomic E-state index is 0.303. The molecule has 1 aromatic carbocycles. The Bertz CT molecular complexity index is 1260. The van der Waals surface area contributed by atoms with E-state index in [0.29, 0.717) is 40.5 Å². The molecule has 0 saturated heterocycles. The van der Waals surface area contributed by atoms with Crippen molar-refractivity contribution < 1.29 is 4.39 Å². The van der Waals surface area contributed by atoms with Crippen LogP contribution >= 0.6 is 0 Å². The van der Waals surface area contributed by atoms with Crippen LogP contribution in [0.25, 0.3) is 28.5 Å². The lowest BCUT2D eigenvalue weighted by Gasteiger charge is -2.33. The number of aromatic nitrogens is 4. The van der Waals surface area contributed by atoms with Gasteiger partial charge in [-0.1, -0.05) is 26.3 Å². The number of benzene rings is 1. The van der Waals surface area contributed by atoms with Crippen LogP contribution in [0.2, 0.25) is 0 Å². The summed E-state index contributed by atoms with van der Waals surface area (Å²) in [6.45, 7) is 6.60. The summed E-state index contributed by atoms with van der Waals surface area (Å²) in [5.41, 5.74) is 10.4. The highest BCUT2D eigenvalue weighted by Crippen LogP contribution is 2.44. The largest absolute Gasteiger partial charge is 0.382 e. The molecule has 0 atom stereocenters. The van der Waals surface area contributed by atoms with Gasteiger partial charge in [0, 0.05) is 35.0 Å². The second-order valence-corrected chi connectivity index (χ2v) is 9.53. The molecular formula is C25H27FN6. The van der Waals surface area contributed by atoms with Crippen LogP contribution in [-0.4, -0.2) is 30.5 Å². The molecule has 3 aromatic rings. The zero-order valence-electron chi connectivity index (χ0n) is 18.3. The van der Waals surface area contributed by atoms with E-state index in [2.05, 4.69) is 28.5 Å².